The average molecular weight is 303 g/mol. The van der Waals surface area contributed by atoms with E-state index in [1.807, 2.05) is 6.92 Å². The van der Waals surface area contributed by atoms with Crippen molar-refractivity contribution in [3.8, 4) is 0 Å². The van der Waals surface area contributed by atoms with E-state index in [0.29, 0.717) is 5.92 Å². The normalized spacial score (nSPS) is 13.0. The van der Waals surface area contributed by atoms with Gasteiger partial charge in [-0.3, -0.25) is 4.79 Å². The third-order valence-electron chi connectivity index (χ3n) is 2.38. The number of alkyl halides is 2. The summed E-state index contributed by atoms with van der Waals surface area (Å²) in [5.74, 6) is -2.96. The summed E-state index contributed by atoms with van der Waals surface area (Å²) in [6.45, 7) is 4.86. The lowest BCUT2D eigenvalue weighted by Crippen LogP contribution is -2.41. The zero-order chi connectivity index (χ0) is 14.2. The molecule has 7 heteroatoms. The molecule has 1 atom stereocenters. The van der Waals surface area contributed by atoms with Crippen molar-refractivity contribution >= 4 is 18.3 Å². The van der Waals surface area contributed by atoms with E-state index in [1.165, 1.54) is 0 Å². The van der Waals surface area contributed by atoms with Gasteiger partial charge in [-0.2, -0.15) is 0 Å². The molecule has 116 valence electrons. The van der Waals surface area contributed by atoms with Gasteiger partial charge in [-0.05, 0) is 19.3 Å². The van der Waals surface area contributed by atoms with Crippen LogP contribution in [0.4, 0.5) is 8.78 Å². The van der Waals surface area contributed by atoms with E-state index in [-0.39, 0.29) is 31.5 Å². The fourth-order valence-corrected chi connectivity index (χ4v) is 1.47. The number of nitrogens with two attached hydrogens (primary N) is 1. The number of halogens is 3. The molecule has 0 rings (SSSR count). The molecular weight excluding hydrogens is 278 g/mol. The first-order valence-electron chi connectivity index (χ1n) is 6.23. The highest BCUT2D eigenvalue weighted by molar-refractivity contribution is 5.85. The van der Waals surface area contributed by atoms with Crippen LogP contribution >= 0.6 is 12.4 Å². The third-order valence-corrected chi connectivity index (χ3v) is 2.38. The van der Waals surface area contributed by atoms with Gasteiger partial charge in [0.25, 0.3) is 5.92 Å². The molecule has 1 unspecified atom stereocenters. The highest BCUT2D eigenvalue weighted by atomic mass is 35.5. The van der Waals surface area contributed by atoms with Crippen LogP contribution in [0.2, 0.25) is 0 Å². The molecule has 19 heavy (non-hydrogen) atoms. The predicted molar refractivity (Wildman–Crippen MR) is 73.7 cm³/mol. The minimum atomic E-state index is -3.04. The van der Waals surface area contributed by atoms with Gasteiger partial charge in [0.1, 0.15) is 0 Å². The van der Waals surface area contributed by atoms with Gasteiger partial charge < -0.3 is 15.8 Å². The number of hydrogen-bond acceptors (Lipinski definition) is 3. The zero-order valence-corrected chi connectivity index (χ0v) is 12.6. The molecule has 4 nitrogen and oxygen atoms in total. The Hall–Kier alpha value is -0.460. The molecule has 0 saturated heterocycles. The highest BCUT2D eigenvalue weighted by Crippen LogP contribution is 2.09. The number of rotatable bonds is 9. The number of ether oxygens (including phenoxy) is 1. The Morgan fingerprint density at radius 3 is 2.42 bits per heavy atom. The Kier molecular flexibility index (Phi) is 11.3. The van der Waals surface area contributed by atoms with Crippen LogP contribution in [0.3, 0.4) is 0 Å². The van der Waals surface area contributed by atoms with Crippen molar-refractivity contribution in [2.24, 2.45) is 11.7 Å². The predicted octanol–water partition coefficient (Wildman–Crippen LogP) is 1.96. The molecular formula is C12H25ClF2N2O2. The summed E-state index contributed by atoms with van der Waals surface area (Å²) in [7, 11) is 0. The van der Waals surface area contributed by atoms with Crippen molar-refractivity contribution in [2.75, 3.05) is 19.7 Å². The lowest BCUT2D eigenvalue weighted by atomic mass is 10.1. The monoisotopic (exact) mass is 302 g/mol. The summed E-state index contributed by atoms with van der Waals surface area (Å²) >= 11 is 0. The van der Waals surface area contributed by atoms with Crippen LogP contribution in [0.5, 0.6) is 0 Å². The minimum Gasteiger partial charge on any atom is -0.378 e. The molecule has 0 aliphatic heterocycles. The Morgan fingerprint density at radius 2 is 1.95 bits per heavy atom. The third kappa shape index (κ3) is 12.3. The number of amides is 1. The smallest absolute Gasteiger partial charge is 0.277 e. The summed E-state index contributed by atoms with van der Waals surface area (Å²) in [4.78, 5) is 11.2. The van der Waals surface area contributed by atoms with Crippen LogP contribution < -0.4 is 11.1 Å². The Morgan fingerprint density at radius 1 is 1.37 bits per heavy atom. The van der Waals surface area contributed by atoms with E-state index in [9.17, 15) is 13.6 Å². The number of hydrogen-bond donors (Lipinski definition) is 2. The van der Waals surface area contributed by atoms with Gasteiger partial charge in [0.05, 0.1) is 25.8 Å². The standard InChI is InChI=1S/C12H24F2N2O2.ClH/c1-9(2)6-10(3)18-5-4-11(17)16-8-12(13,14)7-15;/h9-10H,4-8,15H2,1-3H3,(H,16,17);1H. The summed E-state index contributed by atoms with van der Waals surface area (Å²) in [6, 6.07) is 0. The lowest BCUT2D eigenvalue weighted by molar-refractivity contribution is -0.124. The van der Waals surface area contributed by atoms with Crippen molar-refractivity contribution in [1.82, 2.24) is 5.32 Å². The molecule has 0 saturated carbocycles. The number of carbonyl (C=O) groups is 1. The lowest BCUT2D eigenvalue weighted by Gasteiger charge is -2.16. The van der Waals surface area contributed by atoms with Crippen LogP contribution in [0.15, 0.2) is 0 Å². The van der Waals surface area contributed by atoms with Gasteiger partial charge in [0.2, 0.25) is 5.91 Å². The van der Waals surface area contributed by atoms with Crippen molar-refractivity contribution in [3.63, 3.8) is 0 Å². The first-order valence-corrected chi connectivity index (χ1v) is 6.23. The first-order chi connectivity index (χ1) is 8.26. The topological polar surface area (TPSA) is 64.3 Å². The molecule has 0 bridgehead atoms. The number of carbonyl (C=O) groups excluding carboxylic acids is 1. The second kappa shape index (κ2) is 10.3. The zero-order valence-electron chi connectivity index (χ0n) is 11.7. The van der Waals surface area contributed by atoms with E-state index >= 15 is 0 Å². The molecule has 0 aliphatic rings. The van der Waals surface area contributed by atoms with E-state index in [2.05, 4.69) is 19.2 Å². The second-order valence-electron chi connectivity index (χ2n) is 4.90. The Bertz CT molecular complexity index is 254. The van der Waals surface area contributed by atoms with Gasteiger partial charge in [-0.1, -0.05) is 13.8 Å². The molecule has 1 amide bonds. The molecule has 0 aromatic carbocycles. The van der Waals surface area contributed by atoms with E-state index in [4.69, 9.17) is 10.5 Å². The summed E-state index contributed by atoms with van der Waals surface area (Å²) in [6.07, 6.45) is 1.07. The molecule has 0 radical (unpaired) electrons. The van der Waals surface area contributed by atoms with Crippen LogP contribution in [0, 0.1) is 5.92 Å². The average Bonchev–Trinajstić information content (AvgIpc) is 2.25. The Labute approximate surface area is 119 Å². The summed E-state index contributed by atoms with van der Waals surface area (Å²) in [5, 5.41) is 2.14. The molecule has 0 spiro atoms. The largest absolute Gasteiger partial charge is 0.378 e. The maximum Gasteiger partial charge on any atom is 0.277 e. The first kappa shape index (κ1) is 20.8. The molecule has 0 aromatic rings. The van der Waals surface area contributed by atoms with Gasteiger partial charge in [-0.15, -0.1) is 12.4 Å². The van der Waals surface area contributed by atoms with Crippen LogP contribution in [-0.4, -0.2) is 37.6 Å². The molecule has 3 N–H and O–H groups in total. The van der Waals surface area contributed by atoms with Crippen LogP contribution in [0.1, 0.15) is 33.6 Å². The van der Waals surface area contributed by atoms with E-state index < -0.39 is 24.9 Å². The fourth-order valence-electron chi connectivity index (χ4n) is 1.47. The molecule has 0 fully saturated rings. The van der Waals surface area contributed by atoms with Gasteiger partial charge in [0.15, 0.2) is 0 Å². The van der Waals surface area contributed by atoms with Gasteiger partial charge >= 0.3 is 0 Å². The highest BCUT2D eigenvalue weighted by Gasteiger charge is 2.26. The summed E-state index contributed by atoms with van der Waals surface area (Å²) in [5.41, 5.74) is 4.85. The van der Waals surface area contributed by atoms with Gasteiger partial charge in [0, 0.05) is 6.42 Å². The van der Waals surface area contributed by atoms with Crippen molar-refractivity contribution < 1.29 is 18.3 Å². The van der Waals surface area contributed by atoms with Crippen molar-refractivity contribution in [2.45, 2.75) is 45.6 Å². The van der Waals surface area contributed by atoms with Crippen LogP contribution in [0.25, 0.3) is 0 Å². The van der Waals surface area contributed by atoms with E-state index in [1.54, 1.807) is 0 Å². The Balaban J connectivity index is 0. The number of nitrogens with one attached hydrogen (secondary N) is 1. The van der Waals surface area contributed by atoms with Gasteiger partial charge in [-0.25, -0.2) is 8.78 Å². The quantitative estimate of drug-likeness (QED) is 0.684. The maximum absolute atomic E-state index is 12.7. The van der Waals surface area contributed by atoms with Crippen molar-refractivity contribution in [3.05, 3.63) is 0 Å². The fraction of sp³-hybridized carbons (Fsp3) is 0.917. The SMILES string of the molecule is CC(C)CC(C)OCCC(=O)NCC(F)(F)CN.Cl. The van der Waals surface area contributed by atoms with Crippen molar-refractivity contribution in [1.29, 1.82) is 0 Å². The second-order valence-corrected chi connectivity index (χ2v) is 4.90. The molecule has 0 aromatic heterocycles. The van der Waals surface area contributed by atoms with Crippen LogP contribution in [-0.2, 0) is 9.53 Å². The maximum atomic E-state index is 12.7. The molecule has 0 heterocycles. The summed E-state index contributed by atoms with van der Waals surface area (Å²) < 4.78 is 30.9. The molecule has 0 aliphatic carbocycles. The van der Waals surface area contributed by atoms with E-state index in [0.717, 1.165) is 6.42 Å². The minimum absolute atomic E-state index is 0.